The van der Waals surface area contributed by atoms with Crippen molar-refractivity contribution in [3.8, 4) is 5.75 Å². The van der Waals surface area contributed by atoms with Gasteiger partial charge in [-0.05, 0) is 59.0 Å². The minimum absolute atomic E-state index is 0.00931. The molecule has 0 aliphatic rings. The normalized spacial score (nSPS) is 12.0. The molecule has 2 rings (SSSR count). The molecule has 2 aromatic carbocycles. The summed E-state index contributed by atoms with van der Waals surface area (Å²) < 4.78 is 67.5. The lowest BCUT2D eigenvalue weighted by Crippen LogP contribution is -2.17. The molecule has 0 spiro atoms. The van der Waals surface area contributed by atoms with E-state index in [-0.39, 0.29) is 10.6 Å². The van der Waals surface area contributed by atoms with Gasteiger partial charge in [0.15, 0.2) is 0 Å². The highest BCUT2D eigenvalue weighted by molar-refractivity contribution is 14.1. The molecule has 0 amide bonds. The second-order valence-electron chi connectivity index (χ2n) is 4.14. The average molecular weight is 443 g/mol. The molecule has 0 saturated heterocycles. The van der Waals surface area contributed by atoms with Crippen LogP contribution in [0, 0.1) is 3.57 Å². The van der Waals surface area contributed by atoms with Gasteiger partial charge in [-0.3, -0.25) is 4.72 Å². The van der Waals surface area contributed by atoms with Gasteiger partial charge in [0.25, 0.3) is 10.0 Å². The molecule has 0 aliphatic heterocycles. The van der Waals surface area contributed by atoms with Crippen LogP contribution < -0.4 is 9.46 Å². The molecular weight excluding hydrogens is 434 g/mol. The lowest BCUT2D eigenvalue weighted by atomic mass is 10.3. The van der Waals surface area contributed by atoms with Crippen molar-refractivity contribution in [1.82, 2.24) is 0 Å². The van der Waals surface area contributed by atoms with E-state index in [1.54, 1.807) is 12.1 Å². The molecule has 1 N–H and O–H groups in total. The first-order valence-electron chi connectivity index (χ1n) is 5.80. The van der Waals surface area contributed by atoms with E-state index in [1.807, 2.05) is 22.6 Å². The molecule has 0 radical (unpaired) electrons. The van der Waals surface area contributed by atoms with E-state index in [1.165, 1.54) is 24.3 Å². The van der Waals surface area contributed by atoms with Crippen LogP contribution in [0.15, 0.2) is 53.4 Å². The van der Waals surface area contributed by atoms with E-state index >= 15 is 0 Å². The zero-order valence-electron chi connectivity index (χ0n) is 10.8. The molecule has 4 nitrogen and oxygen atoms in total. The van der Waals surface area contributed by atoms with E-state index in [0.717, 1.165) is 15.7 Å². The van der Waals surface area contributed by atoms with Crippen LogP contribution >= 0.6 is 22.6 Å². The number of nitrogens with one attached hydrogen (secondary N) is 1. The zero-order valence-corrected chi connectivity index (χ0v) is 13.7. The number of ether oxygens (including phenoxy) is 1. The van der Waals surface area contributed by atoms with E-state index in [2.05, 4.69) is 9.46 Å². The van der Waals surface area contributed by atoms with Crippen LogP contribution in [-0.4, -0.2) is 14.8 Å². The highest BCUT2D eigenvalue weighted by Gasteiger charge is 2.31. The molecule has 118 valence electrons. The van der Waals surface area contributed by atoms with Gasteiger partial charge in [-0.1, -0.05) is 6.07 Å². The Morgan fingerprint density at radius 3 is 2.27 bits per heavy atom. The third kappa shape index (κ3) is 4.77. The van der Waals surface area contributed by atoms with Gasteiger partial charge in [-0.25, -0.2) is 8.42 Å². The molecule has 9 heteroatoms. The van der Waals surface area contributed by atoms with Gasteiger partial charge in [0.2, 0.25) is 0 Å². The third-order valence-electron chi connectivity index (χ3n) is 2.44. The van der Waals surface area contributed by atoms with Crippen molar-refractivity contribution in [2.24, 2.45) is 0 Å². The van der Waals surface area contributed by atoms with Crippen LogP contribution in [0.2, 0.25) is 0 Å². The smallest absolute Gasteiger partial charge is 0.406 e. The molecule has 0 atom stereocenters. The van der Waals surface area contributed by atoms with Gasteiger partial charge in [0.05, 0.1) is 10.6 Å². The molecule has 0 fully saturated rings. The Morgan fingerprint density at radius 2 is 1.68 bits per heavy atom. The standard InChI is InChI=1S/C13H9F3INO3S/c14-13(15,16)21-11-3-1-2-10(8-11)18-22(19,20)12-6-4-9(17)5-7-12/h1-8,18H. The SMILES string of the molecule is O=S(=O)(Nc1cccc(OC(F)(F)F)c1)c1ccc(I)cc1. The van der Waals surface area contributed by atoms with Crippen molar-refractivity contribution < 1.29 is 26.3 Å². The van der Waals surface area contributed by atoms with Crippen LogP contribution in [0.25, 0.3) is 0 Å². The number of hydrogen-bond acceptors (Lipinski definition) is 3. The molecule has 0 aromatic heterocycles. The maximum Gasteiger partial charge on any atom is 0.573 e. The van der Waals surface area contributed by atoms with Crippen LogP contribution in [0.3, 0.4) is 0 Å². The Labute approximate surface area is 138 Å². The number of alkyl halides is 3. The van der Waals surface area contributed by atoms with E-state index in [4.69, 9.17) is 0 Å². The fourth-order valence-electron chi connectivity index (χ4n) is 1.58. The Kier molecular flexibility index (Phi) is 4.85. The number of anilines is 1. The minimum Gasteiger partial charge on any atom is -0.406 e. The Balaban J connectivity index is 2.23. The minimum atomic E-state index is -4.84. The van der Waals surface area contributed by atoms with Crippen molar-refractivity contribution in [1.29, 1.82) is 0 Å². The molecular formula is C13H9F3INO3S. The Morgan fingerprint density at radius 1 is 1.05 bits per heavy atom. The first-order valence-corrected chi connectivity index (χ1v) is 8.36. The molecule has 22 heavy (non-hydrogen) atoms. The highest BCUT2D eigenvalue weighted by atomic mass is 127. The maximum atomic E-state index is 12.2. The van der Waals surface area contributed by atoms with Gasteiger partial charge >= 0.3 is 6.36 Å². The van der Waals surface area contributed by atoms with Crippen LogP contribution in [0.4, 0.5) is 18.9 Å². The quantitative estimate of drug-likeness (QED) is 0.728. The number of sulfonamides is 1. The number of halogens is 4. The van der Waals surface area contributed by atoms with Crippen LogP contribution in [0.1, 0.15) is 0 Å². The van der Waals surface area contributed by atoms with Gasteiger partial charge in [0.1, 0.15) is 5.75 Å². The van der Waals surface area contributed by atoms with Crippen molar-refractivity contribution in [2.75, 3.05) is 4.72 Å². The van der Waals surface area contributed by atoms with Crippen molar-refractivity contribution in [3.63, 3.8) is 0 Å². The first kappa shape index (κ1) is 16.9. The predicted octanol–water partition coefficient (Wildman–Crippen LogP) is 3.99. The summed E-state index contributed by atoms with van der Waals surface area (Å²) in [5.74, 6) is -0.504. The monoisotopic (exact) mass is 443 g/mol. The van der Waals surface area contributed by atoms with Crippen molar-refractivity contribution in [2.45, 2.75) is 11.3 Å². The summed E-state index contributed by atoms with van der Waals surface area (Å²) in [7, 11) is -3.88. The van der Waals surface area contributed by atoms with E-state index in [0.29, 0.717) is 0 Å². The number of hydrogen-bond donors (Lipinski definition) is 1. The second kappa shape index (κ2) is 6.32. The summed E-state index contributed by atoms with van der Waals surface area (Å²) >= 11 is 2.03. The number of benzene rings is 2. The molecule has 0 unspecified atom stereocenters. The summed E-state index contributed by atoms with van der Waals surface area (Å²) in [6, 6.07) is 10.6. The first-order chi connectivity index (χ1) is 10.2. The van der Waals surface area contributed by atoms with Crippen LogP contribution in [-0.2, 0) is 10.0 Å². The third-order valence-corrected chi connectivity index (χ3v) is 4.56. The molecule has 0 aliphatic carbocycles. The van der Waals surface area contributed by atoms with E-state index in [9.17, 15) is 21.6 Å². The summed E-state index contributed by atoms with van der Waals surface area (Å²) in [5.41, 5.74) is -0.0275. The fraction of sp³-hybridized carbons (Fsp3) is 0.0769. The Bertz CT molecular complexity index is 761. The highest BCUT2D eigenvalue weighted by Crippen LogP contribution is 2.26. The van der Waals surface area contributed by atoms with Crippen molar-refractivity contribution in [3.05, 3.63) is 52.1 Å². The van der Waals surface area contributed by atoms with Gasteiger partial charge in [-0.15, -0.1) is 13.2 Å². The predicted molar refractivity (Wildman–Crippen MR) is 83.1 cm³/mol. The Hall–Kier alpha value is -1.49. The molecule has 0 heterocycles. The zero-order chi connectivity index (χ0) is 16.4. The van der Waals surface area contributed by atoms with E-state index < -0.39 is 22.1 Å². The molecule has 0 saturated carbocycles. The second-order valence-corrected chi connectivity index (χ2v) is 7.06. The largest absolute Gasteiger partial charge is 0.573 e. The van der Waals surface area contributed by atoms with Gasteiger partial charge in [0, 0.05) is 9.64 Å². The number of rotatable bonds is 4. The van der Waals surface area contributed by atoms with Gasteiger partial charge in [-0.2, -0.15) is 0 Å². The maximum absolute atomic E-state index is 12.2. The average Bonchev–Trinajstić information content (AvgIpc) is 2.37. The lowest BCUT2D eigenvalue weighted by molar-refractivity contribution is -0.274. The summed E-state index contributed by atoms with van der Waals surface area (Å²) in [5, 5.41) is 0. The topological polar surface area (TPSA) is 55.4 Å². The van der Waals surface area contributed by atoms with Crippen LogP contribution in [0.5, 0.6) is 5.75 Å². The summed E-state index contributed by atoms with van der Waals surface area (Å²) in [6.45, 7) is 0. The van der Waals surface area contributed by atoms with Gasteiger partial charge < -0.3 is 4.74 Å². The molecule has 0 bridgehead atoms. The van der Waals surface area contributed by atoms with Crippen molar-refractivity contribution >= 4 is 38.3 Å². The fourth-order valence-corrected chi connectivity index (χ4v) is 2.99. The molecule has 2 aromatic rings. The summed E-state index contributed by atoms with van der Waals surface area (Å²) in [6.07, 6.45) is -4.84. The summed E-state index contributed by atoms with van der Waals surface area (Å²) in [4.78, 5) is 0.00931. The lowest BCUT2D eigenvalue weighted by Gasteiger charge is -2.11.